The van der Waals surface area contributed by atoms with Crippen LogP contribution in [0.2, 0.25) is 0 Å². The number of urea groups is 1. The minimum atomic E-state index is -0.387. The van der Waals surface area contributed by atoms with Crippen molar-refractivity contribution in [2.45, 2.75) is 20.4 Å². The van der Waals surface area contributed by atoms with E-state index in [1.807, 2.05) is 56.3 Å². The Bertz CT molecular complexity index is 1330. The first-order chi connectivity index (χ1) is 16.5. The number of anilines is 1. The van der Waals surface area contributed by atoms with E-state index in [-0.39, 0.29) is 24.7 Å². The maximum atomic E-state index is 12.3. The summed E-state index contributed by atoms with van der Waals surface area (Å²) in [6, 6.07) is 20.0. The third-order valence-corrected chi connectivity index (χ3v) is 6.19. The molecule has 4 aromatic rings. The number of carbonyl (C=O) groups excluding carboxylic acids is 1. The smallest absolute Gasteiger partial charge is 0.319 e. The van der Waals surface area contributed by atoms with E-state index in [1.165, 1.54) is 22.1 Å². The summed E-state index contributed by atoms with van der Waals surface area (Å²) in [7, 11) is 0. The van der Waals surface area contributed by atoms with Crippen molar-refractivity contribution in [3.63, 3.8) is 0 Å². The van der Waals surface area contributed by atoms with Gasteiger partial charge in [-0.2, -0.15) is 5.10 Å². The van der Waals surface area contributed by atoms with Crippen LogP contribution in [0.25, 0.3) is 21.1 Å². The fraction of sp³-hybridized carbons (Fsp3) is 0.200. The summed E-state index contributed by atoms with van der Waals surface area (Å²) in [5.74, 6) is 0.598. The molecule has 0 saturated carbocycles. The van der Waals surface area contributed by atoms with Gasteiger partial charge >= 0.3 is 6.03 Å². The van der Waals surface area contributed by atoms with E-state index in [2.05, 4.69) is 20.7 Å². The molecule has 2 aromatic carbocycles. The van der Waals surface area contributed by atoms with Gasteiger partial charge in [-0.1, -0.05) is 42.5 Å². The number of ether oxygens (including phenoxy) is 1. The van der Waals surface area contributed by atoms with Crippen LogP contribution in [-0.4, -0.2) is 33.9 Å². The van der Waals surface area contributed by atoms with Gasteiger partial charge in [-0.15, -0.1) is 11.3 Å². The summed E-state index contributed by atoms with van der Waals surface area (Å²) in [5.41, 5.74) is 2.90. The number of thiazole rings is 1. The third kappa shape index (κ3) is 5.49. The van der Waals surface area contributed by atoms with Crippen LogP contribution >= 0.6 is 11.3 Å². The lowest BCUT2D eigenvalue weighted by Gasteiger charge is -2.12. The fourth-order valence-corrected chi connectivity index (χ4v) is 4.40. The monoisotopic (exact) mass is 475 g/mol. The SMILES string of the molecule is CCOc1ccccc1NC(=O)NCCn1nc(-c2sc(-c3ccccc3)nc2C)ccc1=O. The van der Waals surface area contributed by atoms with Gasteiger partial charge in [0.15, 0.2) is 0 Å². The predicted octanol–water partition coefficient (Wildman–Crippen LogP) is 4.56. The largest absolute Gasteiger partial charge is 0.492 e. The summed E-state index contributed by atoms with van der Waals surface area (Å²) in [6.45, 7) is 4.77. The number of hydrogen-bond donors (Lipinski definition) is 2. The van der Waals surface area contributed by atoms with Crippen molar-refractivity contribution in [2.75, 3.05) is 18.5 Å². The van der Waals surface area contributed by atoms with Crippen LogP contribution in [0.4, 0.5) is 10.5 Å². The zero-order chi connectivity index (χ0) is 23.9. The number of carbonyl (C=O) groups is 1. The second-order valence-corrected chi connectivity index (χ2v) is 8.39. The molecule has 0 radical (unpaired) electrons. The molecule has 9 heteroatoms. The van der Waals surface area contributed by atoms with E-state index >= 15 is 0 Å². The molecule has 2 aromatic heterocycles. The molecule has 174 valence electrons. The van der Waals surface area contributed by atoms with Gasteiger partial charge in [0.05, 0.1) is 29.4 Å². The highest BCUT2D eigenvalue weighted by molar-refractivity contribution is 7.18. The standard InChI is InChI=1S/C25H25N5O3S/c1-3-33-21-12-8-7-11-19(21)28-25(32)26-15-16-30-22(31)14-13-20(29-30)23-17(2)27-24(34-23)18-9-5-4-6-10-18/h4-14H,3,15-16H2,1-2H3,(H2,26,28,32). The number of benzene rings is 2. The Kier molecular flexibility index (Phi) is 7.34. The lowest BCUT2D eigenvalue weighted by atomic mass is 10.2. The van der Waals surface area contributed by atoms with Gasteiger partial charge in [0.1, 0.15) is 16.5 Å². The van der Waals surface area contributed by atoms with Gasteiger partial charge in [0.25, 0.3) is 5.56 Å². The van der Waals surface area contributed by atoms with Gasteiger partial charge in [0.2, 0.25) is 0 Å². The molecular weight excluding hydrogens is 450 g/mol. The first kappa shape index (κ1) is 23.2. The highest BCUT2D eigenvalue weighted by Crippen LogP contribution is 2.33. The van der Waals surface area contributed by atoms with Crippen LogP contribution < -0.4 is 20.9 Å². The average Bonchev–Trinajstić information content (AvgIpc) is 3.24. The zero-order valence-corrected chi connectivity index (χ0v) is 19.8. The molecule has 0 saturated heterocycles. The number of nitrogens with zero attached hydrogens (tertiary/aromatic N) is 3. The Balaban J connectivity index is 1.42. The molecule has 0 unspecified atom stereocenters. The quantitative estimate of drug-likeness (QED) is 0.389. The van der Waals surface area contributed by atoms with Crippen LogP contribution in [0.5, 0.6) is 5.75 Å². The number of amides is 2. The molecule has 0 atom stereocenters. The van der Waals surface area contributed by atoms with Crippen molar-refractivity contribution in [2.24, 2.45) is 0 Å². The number of aromatic nitrogens is 3. The lowest BCUT2D eigenvalue weighted by Crippen LogP contribution is -2.34. The van der Waals surface area contributed by atoms with Crippen LogP contribution in [0, 0.1) is 6.92 Å². The molecule has 2 N–H and O–H groups in total. The van der Waals surface area contributed by atoms with Crippen LogP contribution in [0.15, 0.2) is 71.5 Å². The maximum Gasteiger partial charge on any atom is 0.319 e. The maximum absolute atomic E-state index is 12.3. The molecule has 2 amide bonds. The second kappa shape index (κ2) is 10.8. The van der Waals surface area contributed by atoms with Crippen molar-refractivity contribution >= 4 is 23.1 Å². The summed E-state index contributed by atoms with van der Waals surface area (Å²) in [6.07, 6.45) is 0. The summed E-state index contributed by atoms with van der Waals surface area (Å²) in [5, 5.41) is 10.9. The molecule has 4 rings (SSSR count). The van der Waals surface area contributed by atoms with E-state index < -0.39 is 0 Å². The minimum Gasteiger partial charge on any atom is -0.492 e. The first-order valence-corrected chi connectivity index (χ1v) is 11.7. The first-order valence-electron chi connectivity index (χ1n) is 10.9. The van der Waals surface area contributed by atoms with E-state index in [1.54, 1.807) is 18.2 Å². The molecule has 0 fully saturated rings. The van der Waals surface area contributed by atoms with Gasteiger partial charge in [-0.3, -0.25) is 4.79 Å². The van der Waals surface area contributed by atoms with Crippen LogP contribution in [0.1, 0.15) is 12.6 Å². The van der Waals surface area contributed by atoms with Crippen molar-refractivity contribution in [3.05, 3.63) is 82.8 Å². The second-order valence-electron chi connectivity index (χ2n) is 7.39. The Labute approximate surface area is 201 Å². The molecule has 8 nitrogen and oxygen atoms in total. The normalized spacial score (nSPS) is 10.6. The fourth-order valence-electron chi connectivity index (χ4n) is 3.36. The Morgan fingerprint density at radius 1 is 1.06 bits per heavy atom. The summed E-state index contributed by atoms with van der Waals surface area (Å²) < 4.78 is 6.87. The van der Waals surface area contributed by atoms with E-state index in [9.17, 15) is 9.59 Å². The Morgan fingerprint density at radius 2 is 1.82 bits per heavy atom. The van der Waals surface area contributed by atoms with Gasteiger partial charge in [0, 0.05) is 18.2 Å². The van der Waals surface area contributed by atoms with Crippen LogP contribution in [0.3, 0.4) is 0 Å². The molecule has 0 aliphatic heterocycles. The molecule has 2 heterocycles. The Hall–Kier alpha value is -3.98. The van der Waals surface area contributed by atoms with Crippen molar-refractivity contribution in [1.82, 2.24) is 20.1 Å². The minimum absolute atomic E-state index is 0.232. The molecule has 0 spiro atoms. The molecule has 0 aliphatic rings. The number of aryl methyl sites for hydroxylation is 1. The van der Waals surface area contributed by atoms with E-state index in [4.69, 9.17) is 4.74 Å². The lowest BCUT2D eigenvalue weighted by molar-refractivity contribution is 0.251. The average molecular weight is 476 g/mol. The topological polar surface area (TPSA) is 98.1 Å². The number of para-hydroxylation sites is 2. The van der Waals surface area contributed by atoms with Gasteiger partial charge in [-0.25, -0.2) is 14.5 Å². The van der Waals surface area contributed by atoms with Gasteiger partial charge < -0.3 is 15.4 Å². The number of rotatable bonds is 8. The molecule has 34 heavy (non-hydrogen) atoms. The van der Waals surface area contributed by atoms with Crippen molar-refractivity contribution in [3.8, 4) is 26.9 Å². The Morgan fingerprint density at radius 3 is 2.62 bits per heavy atom. The number of hydrogen-bond acceptors (Lipinski definition) is 6. The van der Waals surface area contributed by atoms with E-state index in [0.717, 1.165) is 21.1 Å². The van der Waals surface area contributed by atoms with Crippen molar-refractivity contribution in [1.29, 1.82) is 0 Å². The van der Waals surface area contributed by atoms with Gasteiger partial charge in [-0.05, 0) is 32.0 Å². The predicted molar refractivity (Wildman–Crippen MR) is 134 cm³/mol. The summed E-state index contributed by atoms with van der Waals surface area (Å²) >= 11 is 1.53. The van der Waals surface area contributed by atoms with E-state index in [0.29, 0.717) is 23.7 Å². The third-order valence-electron chi connectivity index (χ3n) is 4.96. The number of nitrogens with one attached hydrogen (secondary N) is 2. The molecular formula is C25H25N5O3S. The van der Waals surface area contributed by atoms with Crippen molar-refractivity contribution < 1.29 is 9.53 Å². The highest BCUT2D eigenvalue weighted by Gasteiger charge is 2.14. The van der Waals surface area contributed by atoms with Crippen LogP contribution in [-0.2, 0) is 6.54 Å². The molecule has 0 bridgehead atoms. The highest BCUT2D eigenvalue weighted by atomic mass is 32.1. The zero-order valence-electron chi connectivity index (χ0n) is 18.9. The molecule has 0 aliphatic carbocycles. The summed E-state index contributed by atoms with van der Waals surface area (Å²) in [4.78, 5) is 30.2.